The Morgan fingerprint density at radius 2 is 1.89 bits per heavy atom. The van der Waals surface area contributed by atoms with Crippen molar-refractivity contribution in [2.75, 3.05) is 4.72 Å². The second kappa shape index (κ2) is 4.97. The van der Waals surface area contributed by atoms with E-state index in [4.69, 9.17) is 0 Å². The lowest BCUT2D eigenvalue weighted by atomic mass is 10.2. The van der Waals surface area contributed by atoms with Crippen LogP contribution >= 0.6 is 0 Å². The summed E-state index contributed by atoms with van der Waals surface area (Å²) < 4.78 is 39.5. The number of nitrogens with zero attached hydrogens (tertiary/aromatic N) is 1. The minimum Gasteiger partial charge on any atom is -0.278 e. The first-order valence-corrected chi connectivity index (χ1v) is 7.08. The molecule has 1 N–H and O–H groups in total. The van der Waals surface area contributed by atoms with Gasteiger partial charge in [-0.3, -0.25) is 4.72 Å². The smallest absolute Gasteiger partial charge is 0.262 e. The summed E-state index contributed by atoms with van der Waals surface area (Å²) in [4.78, 5) is 3.61. The molecule has 0 aliphatic carbocycles. The molecule has 0 unspecified atom stereocenters. The molecule has 0 fully saturated rings. The lowest BCUT2D eigenvalue weighted by Crippen LogP contribution is -2.14. The van der Waals surface area contributed by atoms with Gasteiger partial charge in [-0.2, -0.15) is 4.39 Å². The van der Waals surface area contributed by atoms with Crippen LogP contribution < -0.4 is 4.72 Å². The summed E-state index contributed by atoms with van der Waals surface area (Å²) >= 11 is 0. The average molecular weight is 280 g/mol. The molecule has 1 aromatic heterocycles. The maximum atomic E-state index is 12.7. The van der Waals surface area contributed by atoms with Crippen molar-refractivity contribution in [1.29, 1.82) is 0 Å². The summed E-state index contributed by atoms with van der Waals surface area (Å²) in [7, 11) is -3.69. The zero-order chi connectivity index (χ0) is 14.0. The van der Waals surface area contributed by atoms with E-state index in [9.17, 15) is 12.8 Å². The Morgan fingerprint density at radius 3 is 2.53 bits per heavy atom. The maximum Gasteiger partial charge on any atom is 0.262 e. The molecule has 0 amide bonds. The van der Waals surface area contributed by atoms with Gasteiger partial charge >= 0.3 is 0 Å². The zero-order valence-corrected chi connectivity index (χ0v) is 11.3. The number of sulfonamides is 1. The molecular formula is C13H13FN2O2S. The quantitative estimate of drug-likeness (QED) is 0.879. The number of aryl methyl sites for hydroxylation is 2. The Balaban J connectivity index is 2.37. The third-order valence-electron chi connectivity index (χ3n) is 2.61. The van der Waals surface area contributed by atoms with Crippen LogP contribution in [0.2, 0.25) is 0 Å². The van der Waals surface area contributed by atoms with E-state index in [0.717, 1.165) is 17.8 Å². The van der Waals surface area contributed by atoms with E-state index in [2.05, 4.69) is 9.71 Å². The summed E-state index contributed by atoms with van der Waals surface area (Å²) in [6, 6.07) is 7.60. The van der Waals surface area contributed by atoms with Crippen LogP contribution in [0.5, 0.6) is 0 Å². The summed E-state index contributed by atoms with van der Waals surface area (Å²) in [5, 5.41) is 0. The number of aromatic nitrogens is 1. The van der Waals surface area contributed by atoms with Crippen LogP contribution in [0.25, 0.3) is 0 Å². The molecule has 0 atom stereocenters. The highest BCUT2D eigenvalue weighted by Crippen LogP contribution is 2.20. The first-order chi connectivity index (χ1) is 8.88. The Kier molecular flexibility index (Phi) is 3.53. The molecule has 0 saturated carbocycles. The maximum absolute atomic E-state index is 12.7. The number of nitrogens with one attached hydrogen (secondary N) is 1. The molecule has 4 nitrogen and oxygen atoms in total. The summed E-state index contributed by atoms with van der Waals surface area (Å²) in [6.07, 6.45) is 1.14. The number of pyridine rings is 1. The summed E-state index contributed by atoms with van der Waals surface area (Å²) in [5.74, 6) is -0.658. The fraction of sp³-hybridized carbons (Fsp3) is 0.154. The van der Waals surface area contributed by atoms with Crippen LogP contribution in [0, 0.1) is 19.8 Å². The second-order valence-electron chi connectivity index (χ2n) is 4.24. The van der Waals surface area contributed by atoms with Crippen molar-refractivity contribution >= 4 is 15.7 Å². The highest BCUT2D eigenvalue weighted by Gasteiger charge is 2.17. The number of halogens is 1. The zero-order valence-electron chi connectivity index (χ0n) is 10.5. The topological polar surface area (TPSA) is 59.1 Å². The molecule has 0 bridgehead atoms. The Hall–Kier alpha value is -1.95. The molecule has 19 heavy (non-hydrogen) atoms. The van der Waals surface area contributed by atoms with E-state index in [1.807, 2.05) is 13.0 Å². The third-order valence-corrected chi connectivity index (χ3v) is 4.14. The van der Waals surface area contributed by atoms with Gasteiger partial charge < -0.3 is 0 Å². The van der Waals surface area contributed by atoms with Gasteiger partial charge in [0, 0.05) is 0 Å². The van der Waals surface area contributed by atoms with E-state index in [1.165, 1.54) is 6.07 Å². The van der Waals surface area contributed by atoms with Crippen molar-refractivity contribution in [2.45, 2.75) is 18.7 Å². The molecule has 2 rings (SSSR count). The van der Waals surface area contributed by atoms with E-state index < -0.39 is 16.0 Å². The van der Waals surface area contributed by atoms with E-state index in [1.54, 1.807) is 19.1 Å². The van der Waals surface area contributed by atoms with Gasteiger partial charge in [0.1, 0.15) is 0 Å². The SMILES string of the molecule is Cc1ccc(C)c(S(=O)(=O)Nc2ccc(F)nc2)c1. The van der Waals surface area contributed by atoms with E-state index in [0.29, 0.717) is 5.56 Å². The van der Waals surface area contributed by atoms with Gasteiger partial charge in [0.05, 0.1) is 16.8 Å². The summed E-state index contributed by atoms with van der Waals surface area (Å²) in [5.41, 5.74) is 1.72. The van der Waals surface area contributed by atoms with Crippen LogP contribution in [0.3, 0.4) is 0 Å². The largest absolute Gasteiger partial charge is 0.278 e. The number of hydrogen-bond donors (Lipinski definition) is 1. The molecule has 0 spiro atoms. The van der Waals surface area contributed by atoms with Crippen molar-refractivity contribution in [3.8, 4) is 0 Å². The second-order valence-corrected chi connectivity index (χ2v) is 5.89. The van der Waals surface area contributed by atoms with Crippen LogP contribution in [-0.2, 0) is 10.0 Å². The van der Waals surface area contributed by atoms with Gasteiger partial charge in [-0.1, -0.05) is 12.1 Å². The standard InChI is InChI=1S/C13H13FN2O2S/c1-9-3-4-10(2)12(7-9)19(17,18)16-11-5-6-13(14)15-8-11/h3-8,16H,1-2H3. The van der Waals surface area contributed by atoms with E-state index in [-0.39, 0.29) is 10.6 Å². The van der Waals surface area contributed by atoms with Crippen molar-refractivity contribution in [3.63, 3.8) is 0 Å². The van der Waals surface area contributed by atoms with Crippen LogP contribution in [0.1, 0.15) is 11.1 Å². The molecular weight excluding hydrogens is 267 g/mol. The molecule has 0 saturated heterocycles. The molecule has 1 heterocycles. The fourth-order valence-electron chi connectivity index (χ4n) is 1.64. The molecule has 0 aliphatic rings. The molecule has 0 aliphatic heterocycles. The minimum absolute atomic E-state index is 0.205. The van der Waals surface area contributed by atoms with E-state index >= 15 is 0 Å². The van der Waals surface area contributed by atoms with Crippen molar-refractivity contribution in [2.24, 2.45) is 0 Å². The van der Waals surface area contributed by atoms with Gasteiger partial charge in [-0.15, -0.1) is 0 Å². The van der Waals surface area contributed by atoms with Gasteiger partial charge in [-0.25, -0.2) is 13.4 Å². The van der Waals surface area contributed by atoms with Gasteiger partial charge in [0.25, 0.3) is 10.0 Å². The number of rotatable bonds is 3. The predicted octanol–water partition coefficient (Wildman–Crippen LogP) is 2.64. The molecule has 6 heteroatoms. The molecule has 0 radical (unpaired) electrons. The third kappa shape index (κ3) is 3.08. The molecule has 1 aromatic carbocycles. The molecule has 100 valence electrons. The lowest BCUT2D eigenvalue weighted by molar-refractivity contribution is 0.583. The van der Waals surface area contributed by atoms with Crippen molar-refractivity contribution in [1.82, 2.24) is 4.98 Å². The fourth-order valence-corrected chi connectivity index (χ4v) is 3.02. The molecule has 2 aromatic rings. The van der Waals surface area contributed by atoms with Crippen molar-refractivity contribution in [3.05, 3.63) is 53.6 Å². The monoisotopic (exact) mass is 280 g/mol. The van der Waals surface area contributed by atoms with Crippen LogP contribution in [0.15, 0.2) is 41.4 Å². The lowest BCUT2D eigenvalue weighted by Gasteiger charge is -2.10. The normalized spacial score (nSPS) is 11.3. The highest BCUT2D eigenvalue weighted by atomic mass is 32.2. The Bertz CT molecular complexity index is 697. The Labute approximate surface area is 111 Å². The predicted molar refractivity (Wildman–Crippen MR) is 70.9 cm³/mol. The number of benzene rings is 1. The van der Waals surface area contributed by atoms with Gasteiger partial charge in [0.2, 0.25) is 5.95 Å². The number of anilines is 1. The first-order valence-electron chi connectivity index (χ1n) is 5.60. The van der Waals surface area contributed by atoms with Gasteiger partial charge in [-0.05, 0) is 43.2 Å². The highest BCUT2D eigenvalue weighted by molar-refractivity contribution is 7.92. The Morgan fingerprint density at radius 1 is 1.16 bits per heavy atom. The summed E-state index contributed by atoms with van der Waals surface area (Å²) in [6.45, 7) is 3.54. The minimum atomic E-state index is -3.69. The average Bonchev–Trinajstić information content (AvgIpc) is 2.35. The van der Waals surface area contributed by atoms with Crippen LogP contribution in [0.4, 0.5) is 10.1 Å². The number of hydrogen-bond acceptors (Lipinski definition) is 3. The first kappa shape index (κ1) is 13.5. The van der Waals surface area contributed by atoms with Crippen LogP contribution in [-0.4, -0.2) is 13.4 Å². The van der Waals surface area contributed by atoms with Gasteiger partial charge in [0.15, 0.2) is 0 Å². The van der Waals surface area contributed by atoms with Crippen molar-refractivity contribution < 1.29 is 12.8 Å².